The summed E-state index contributed by atoms with van der Waals surface area (Å²) >= 11 is 0. The zero-order chi connectivity index (χ0) is 8.27. The topological polar surface area (TPSA) is 68.1 Å². The maximum Gasteiger partial charge on any atom is 0.122 e. The Kier molecular flexibility index (Phi) is 2.64. The highest BCUT2D eigenvalue weighted by Crippen LogP contribution is 2.22. The van der Waals surface area contributed by atoms with E-state index in [1.807, 2.05) is 6.92 Å². The normalized spacial score (nSPS) is 37.0. The van der Waals surface area contributed by atoms with Gasteiger partial charge in [0, 0.05) is 6.42 Å². The van der Waals surface area contributed by atoms with E-state index in [4.69, 9.17) is 4.74 Å². The number of hydrogen-bond donors (Lipinski definition) is 0. The van der Waals surface area contributed by atoms with Crippen LogP contribution in [-0.2, 0) is 4.74 Å². The average molecular weight is 158 g/mol. The van der Waals surface area contributed by atoms with E-state index >= 15 is 0 Å². The number of ether oxygens (including phenoxy) is 1. The smallest absolute Gasteiger partial charge is 0.122 e. The van der Waals surface area contributed by atoms with Gasteiger partial charge in [0.15, 0.2) is 0 Å². The van der Waals surface area contributed by atoms with Crippen LogP contribution in [0.3, 0.4) is 0 Å². The lowest BCUT2D eigenvalue weighted by molar-refractivity contribution is 0.0577. The molecule has 11 heavy (non-hydrogen) atoms. The average Bonchev–Trinajstić information content (AvgIpc) is 2.32. The summed E-state index contributed by atoms with van der Waals surface area (Å²) in [6, 6.07) is -0.386. The molecular weight excluding hydrogens is 148 g/mol. The Morgan fingerprint density at radius 2 is 2.27 bits per heavy atom. The Balaban J connectivity index is 2.49. The van der Waals surface area contributed by atoms with Gasteiger partial charge in [0.2, 0.25) is 0 Å². The van der Waals surface area contributed by atoms with E-state index in [-0.39, 0.29) is 24.8 Å². The second-order valence-corrected chi connectivity index (χ2v) is 2.71. The van der Waals surface area contributed by atoms with Gasteiger partial charge in [-0.05, 0) is 6.92 Å². The van der Waals surface area contributed by atoms with E-state index in [1.165, 1.54) is 0 Å². The summed E-state index contributed by atoms with van der Waals surface area (Å²) in [5.41, 5.74) is 0. The van der Waals surface area contributed by atoms with Crippen molar-refractivity contribution in [1.82, 2.24) is 0 Å². The van der Waals surface area contributed by atoms with Crippen LogP contribution in [0.1, 0.15) is 13.3 Å². The first-order chi connectivity index (χ1) is 5.27. The van der Waals surface area contributed by atoms with E-state index in [1.54, 1.807) is 0 Å². The second kappa shape index (κ2) is 3.52. The van der Waals surface area contributed by atoms with Crippen molar-refractivity contribution < 1.29 is 4.74 Å². The molecule has 1 saturated heterocycles. The molecule has 0 amide bonds. The first kappa shape index (κ1) is 8.26. The number of nitroso groups, excluding NO2 is 2. The third-order valence-electron chi connectivity index (χ3n) is 1.80. The zero-order valence-corrected chi connectivity index (χ0v) is 6.27. The molecule has 3 unspecified atom stereocenters. The van der Waals surface area contributed by atoms with Crippen LogP contribution in [0.2, 0.25) is 0 Å². The Morgan fingerprint density at radius 1 is 1.55 bits per heavy atom. The van der Waals surface area contributed by atoms with Crippen LogP contribution < -0.4 is 0 Å². The first-order valence-corrected chi connectivity index (χ1v) is 3.55. The maximum atomic E-state index is 10.2. The summed E-state index contributed by atoms with van der Waals surface area (Å²) in [4.78, 5) is 20.0. The third-order valence-corrected chi connectivity index (χ3v) is 1.80. The van der Waals surface area contributed by atoms with Crippen LogP contribution in [0.4, 0.5) is 0 Å². The molecule has 0 aromatic carbocycles. The molecular formula is C6H10N2O3. The molecule has 0 N–H and O–H groups in total. The molecule has 0 radical (unpaired) electrons. The number of rotatable bonds is 3. The minimum absolute atomic E-state index is 0.0180. The van der Waals surface area contributed by atoms with E-state index in [0.29, 0.717) is 6.42 Å². The third kappa shape index (κ3) is 1.80. The largest absolute Gasteiger partial charge is 0.371 e. The highest BCUT2D eigenvalue weighted by Gasteiger charge is 2.34. The Morgan fingerprint density at radius 3 is 2.82 bits per heavy atom. The van der Waals surface area contributed by atoms with Crippen molar-refractivity contribution >= 4 is 0 Å². The molecule has 5 heteroatoms. The fraction of sp³-hybridized carbons (Fsp3) is 1.00. The molecule has 0 spiro atoms. The summed E-state index contributed by atoms with van der Waals surface area (Å²) < 4.78 is 5.22. The van der Waals surface area contributed by atoms with Crippen molar-refractivity contribution in [2.45, 2.75) is 31.6 Å². The lowest BCUT2D eigenvalue weighted by atomic mass is 10.1. The summed E-state index contributed by atoms with van der Waals surface area (Å²) in [6.45, 7) is 1.88. The van der Waals surface area contributed by atoms with Crippen LogP contribution in [0.15, 0.2) is 10.4 Å². The summed E-state index contributed by atoms with van der Waals surface area (Å²) in [5.74, 6) is 0. The van der Waals surface area contributed by atoms with Gasteiger partial charge in [0.05, 0.1) is 6.10 Å². The summed E-state index contributed by atoms with van der Waals surface area (Å²) in [7, 11) is 0. The molecule has 62 valence electrons. The monoisotopic (exact) mass is 158 g/mol. The van der Waals surface area contributed by atoms with Gasteiger partial charge in [-0.2, -0.15) is 9.81 Å². The molecule has 0 aromatic heterocycles. The number of hydrogen-bond acceptors (Lipinski definition) is 5. The Hall–Kier alpha value is -0.840. The van der Waals surface area contributed by atoms with Gasteiger partial charge in [-0.15, -0.1) is 0 Å². The predicted molar refractivity (Wildman–Crippen MR) is 39.2 cm³/mol. The predicted octanol–water partition coefficient (Wildman–Crippen LogP) is 1.07. The standard InChI is InChI=1S/C6H10N2O3/c1-4-2-5(8-10)6(11-4)3-7-9/h4-6H,2-3H2,1H3. The van der Waals surface area contributed by atoms with Gasteiger partial charge in [-0.25, -0.2) is 0 Å². The Labute approximate surface area is 64.1 Å². The highest BCUT2D eigenvalue weighted by atomic mass is 16.5. The van der Waals surface area contributed by atoms with Crippen molar-refractivity contribution in [1.29, 1.82) is 0 Å². The van der Waals surface area contributed by atoms with Gasteiger partial charge < -0.3 is 4.74 Å². The van der Waals surface area contributed by atoms with Crippen molar-refractivity contribution in [3.63, 3.8) is 0 Å². The molecule has 0 aliphatic carbocycles. The van der Waals surface area contributed by atoms with Gasteiger partial charge in [0.25, 0.3) is 0 Å². The fourth-order valence-electron chi connectivity index (χ4n) is 1.29. The molecule has 1 aliphatic heterocycles. The summed E-state index contributed by atoms with van der Waals surface area (Å²) in [6.07, 6.45) is 0.230. The molecule has 1 rings (SSSR count). The van der Waals surface area contributed by atoms with Crippen LogP contribution in [0, 0.1) is 9.81 Å². The van der Waals surface area contributed by atoms with E-state index < -0.39 is 0 Å². The quantitative estimate of drug-likeness (QED) is 0.577. The van der Waals surface area contributed by atoms with Crippen LogP contribution in [0.25, 0.3) is 0 Å². The van der Waals surface area contributed by atoms with Gasteiger partial charge >= 0.3 is 0 Å². The zero-order valence-electron chi connectivity index (χ0n) is 6.27. The van der Waals surface area contributed by atoms with Gasteiger partial charge in [0.1, 0.15) is 18.7 Å². The van der Waals surface area contributed by atoms with Crippen LogP contribution in [0.5, 0.6) is 0 Å². The van der Waals surface area contributed by atoms with E-state index in [0.717, 1.165) is 0 Å². The minimum atomic E-state index is -0.389. The lowest BCUT2D eigenvalue weighted by Crippen LogP contribution is -2.21. The van der Waals surface area contributed by atoms with Crippen LogP contribution in [-0.4, -0.2) is 24.8 Å². The molecule has 3 atom stereocenters. The maximum absolute atomic E-state index is 10.2. The molecule has 0 bridgehead atoms. The number of nitrogens with zero attached hydrogens (tertiary/aromatic N) is 2. The molecule has 5 nitrogen and oxygen atoms in total. The fourth-order valence-corrected chi connectivity index (χ4v) is 1.29. The molecule has 0 aromatic rings. The van der Waals surface area contributed by atoms with Gasteiger partial charge in [-0.1, -0.05) is 10.4 Å². The summed E-state index contributed by atoms with van der Waals surface area (Å²) in [5, 5.41) is 5.54. The molecule has 0 saturated carbocycles. The Bertz CT molecular complexity index is 162. The van der Waals surface area contributed by atoms with Crippen molar-refractivity contribution in [2.24, 2.45) is 10.4 Å². The second-order valence-electron chi connectivity index (χ2n) is 2.71. The minimum Gasteiger partial charge on any atom is -0.371 e. The van der Waals surface area contributed by atoms with E-state index in [2.05, 4.69) is 10.4 Å². The highest BCUT2D eigenvalue weighted by molar-refractivity contribution is 4.86. The van der Waals surface area contributed by atoms with Crippen molar-refractivity contribution in [3.05, 3.63) is 9.81 Å². The molecule has 1 fully saturated rings. The molecule has 1 aliphatic rings. The van der Waals surface area contributed by atoms with Gasteiger partial charge in [-0.3, -0.25) is 0 Å². The lowest BCUT2D eigenvalue weighted by Gasteiger charge is -2.07. The molecule has 1 heterocycles. The SMILES string of the molecule is CC1CC(N=O)C(CN=O)O1. The van der Waals surface area contributed by atoms with Crippen LogP contribution >= 0.6 is 0 Å². The van der Waals surface area contributed by atoms with Crippen molar-refractivity contribution in [2.75, 3.05) is 6.54 Å². The first-order valence-electron chi connectivity index (χ1n) is 3.55. The van der Waals surface area contributed by atoms with Crippen molar-refractivity contribution in [3.8, 4) is 0 Å². The van der Waals surface area contributed by atoms with E-state index in [9.17, 15) is 9.81 Å².